The van der Waals surface area contributed by atoms with Crippen molar-refractivity contribution in [1.82, 2.24) is 10.2 Å². The molecule has 3 atom stereocenters. The van der Waals surface area contributed by atoms with Gasteiger partial charge < -0.3 is 14.8 Å². The molecule has 4 nitrogen and oxygen atoms in total. The molecule has 17 heavy (non-hydrogen) atoms. The molecule has 2 fully saturated rings. The summed E-state index contributed by atoms with van der Waals surface area (Å²) in [6.45, 7) is 10.1. The van der Waals surface area contributed by atoms with Crippen molar-refractivity contribution in [2.24, 2.45) is 0 Å². The second kappa shape index (κ2) is 6.69. The molecule has 0 aromatic rings. The number of nitrogens with one attached hydrogen (secondary N) is 1. The first-order valence-electron chi connectivity index (χ1n) is 7.00. The van der Waals surface area contributed by atoms with Crippen molar-refractivity contribution in [2.45, 2.75) is 44.9 Å². The first-order valence-corrected chi connectivity index (χ1v) is 7.00. The third-order valence-electron chi connectivity index (χ3n) is 3.90. The van der Waals surface area contributed by atoms with Gasteiger partial charge in [-0.25, -0.2) is 0 Å². The van der Waals surface area contributed by atoms with E-state index in [0.717, 1.165) is 39.5 Å². The van der Waals surface area contributed by atoms with Gasteiger partial charge in [0.1, 0.15) is 0 Å². The van der Waals surface area contributed by atoms with Gasteiger partial charge in [-0.3, -0.25) is 4.90 Å². The Balaban J connectivity index is 1.85. The monoisotopic (exact) mass is 242 g/mol. The Labute approximate surface area is 105 Å². The summed E-state index contributed by atoms with van der Waals surface area (Å²) in [5.74, 6) is 0. The van der Waals surface area contributed by atoms with Gasteiger partial charge in [0, 0.05) is 31.7 Å². The van der Waals surface area contributed by atoms with Gasteiger partial charge in [-0.2, -0.15) is 0 Å². The maximum atomic E-state index is 5.76. The Morgan fingerprint density at radius 2 is 2.12 bits per heavy atom. The van der Waals surface area contributed by atoms with Crippen molar-refractivity contribution in [1.29, 1.82) is 0 Å². The Morgan fingerprint density at radius 1 is 1.24 bits per heavy atom. The van der Waals surface area contributed by atoms with E-state index < -0.39 is 0 Å². The summed E-state index contributed by atoms with van der Waals surface area (Å²) >= 11 is 0. The van der Waals surface area contributed by atoms with Gasteiger partial charge in [-0.1, -0.05) is 13.8 Å². The lowest BCUT2D eigenvalue weighted by Gasteiger charge is -2.41. The van der Waals surface area contributed by atoms with Gasteiger partial charge in [0.05, 0.1) is 25.9 Å². The predicted molar refractivity (Wildman–Crippen MR) is 68.3 cm³/mol. The molecular weight excluding hydrogens is 216 g/mol. The van der Waals surface area contributed by atoms with Gasteiger partial charge >= 0.3 is 0 Å². The first kappa shape index (κ1) is 13.3. The van der Waals surface area contributed by atoms with E-state index in [0.29, 0.717) is 12.1 Å². The fourth-order valence-electron chi connectivity index (χ4n) is 2.73. The second-order valence-corrected chi connectivity index (χ2v) is 5.10. The van der Waals surface area contributed by atoms with E-state index >= 15 is 0 Å². The number of nitrogens with zero attached hydrogens (tertiary/aromatic N) is 1. The lowest BCUT2D eigenvalue weighted by molar-refractivity contribution is -0.103. The van der Waals surface area contributed by atoms with Crippen molar-refractivity contribution in [3.63, 3.8) is 0 Å². The first-order chi connectivity index (χ1) is 8.33. The highest BCUT2D eigenvalue weighted by atomic mass is 16.6. The fraction of sp³-hybridized carbons (Fsp3) is 1.00. The molecule has 2 heterocycles. The average Bonchev–Trinajstić information content (AvgIpc) is 2.40. The third kappa shape index (κ3) is 3.65. The van der Waals surface area contributed by atoms with Crippen LogP contribution in [0.25, 0.3) is 0 Å². The fourth-order valence-corrected chi connectivity index (χ4v) is 2.73. The van der Waals surface area contributed by atoms with E-state index in [1.807, 2.05) is 0 Å². The predicted octanol–water partition coefficient (Wildman–Crippen LogP) is 0.864. The maximum Gasteiger partial charge on any atom is 0.0936 e. The van der Waals surface area contributed by atoms with Crippen LogP contribution >= 0.6 is 0 Å². The molecule has 1 N–H and O–H groups in total. The summed E-state index contributed by atoms with van der Waals surface area (Å²) in [5, 5.41) is 3.62. The number of ether oxygens (including phenoxy) is 2. The van der Waals surface area contributed by atoms with Gasteiger partial charge in [0.15, 0.2) is 0 Å². The van der Waals surface area contributed by atoms with Crippen LogP contribution in [0.2, 0.25) is 0 Å². The summed E-state index contributed by atoms with van der Waals surface area (Å²) in [7, 11) is 0. The van der Waals surface area contributed by atoms with E-state index in [9.17, 15) is 0 Å². The molecule has 2 saturated heterocycles. The van der Waals surface area contributed by atoms with Gasteiger partial charge in [0.2, 0.25) is 0 Å². The van der Waals surface area contributed by atoms with Crippen molar-refractivity contribution in [3.8, 4) is 0 Å². The molecule has 0 amide bonds. The van der Waals surface area contributed by atoms with Crippen molar-refractivity contribution in [2.75, 3.05) is 39.5 Å². The zero-order chi connectivity index (χ0) is 12.1. The molecule has 2 aliphatic heterocycles. The SMILES string of the molecule is CCC1CN(CC2COCCO2)C(CC)CN1. The quantitative estimate of drug-likeness (QED) is 0.793. The summed E-state index contributed by atoms with van der Waals surface area (Å²) in [6.07, 6.45) is 2.68. The highest BCUT2D eigenvalue weighted by molar-refractivity contribution is 4.86. The van der Waals surface area contributed by atoms with Crippen LogP contribution < -0.4 is 5.32 Å². The van der Waals surface area contributed by atoms with Gasteiger partial charge in [-0.15, -0.1) is 0 Å². The van der Waals surface area contributed by atoms with Crippen LogP contribution in [0.15, 0.2) is 0 Å². The summed E-state index contributed by atoms with van der Waals surface area (Å²) in [4.78, 5) is 2.59. The topological polar surface area (TPSA) is 33.7 Å². The molecule has 0 bridgehead atoms. The molecule has 3 unspecified atom stereocenters. The minimum Gasteiger partial charge on any atom is -0.376 e. The molecule has 0 aromatic heterocycles. The van der Waals surface area contributed by atoms with Crippen molar-refractivity contribution < 1.29 is 9.47 Å². The van der Waals surface area contributed by atoms with E-state index in [1.165, 1.54) is 12.8 Å². The number of rotatable bonds is 4. The minimum absolute atomic E-state index is 0.272. The molecule has 0 aliphatic carbocycles. The van der Waals surface area contributed by atoms with E-state index in [4.69, 9.17) is 9.47 Å². The average molecular weight is 242 g/mol. The number of piperazine rings is 1. The lowest BCUT2D eigenvalue weighted by atomic mass is 10.0. The summed E-state index contributed by atoms with van der Waals surface area (Å²) < 4.78 is 11.2. The van der Waals surface area contributed by atoms with E-state index in [2.05, 4.69) is 24.1 Å². The van der Waals surface area contributed by atoms with Crippen LogP contribution in [0.3, 0.4) is 0 Å². The molecule has 0 radical (unpaired) electrons. The molecular formula is C13H26N2O2. The van der Waals surface area contributed by atoms with Crippen LogP contribution in [0.5, 0.6) is 0 Å². The number of hydrogen-bond acceptors (Lipinski definition) is 4. The van der Waals surface area contributed by atoms with E-state index in [1.54, 1.807) is 0 Å². The van der Waals surface area contributed by atoms with Crippen LogP contribution in [0.4, 0.5) is 0 Å². The van der Waals surface area contributed by atoms with Crippen molar-refractivity contribution in [3.05, 3.63) is 0 Å². The Bertz CT molecular complexity index is 219. The highest BCUT2D eigenvalue weighted by Crippen LogP contribution is 2.14. The summed E-state index contributed by atoms with van der Waals surface area (Å²) in [5.41, 5.74) is 0. The smallest absolute Gasteiger partial charge is 0.0936 e. The molecule has 100 valence electrons. The van der Waals surface area contributed by atoms with Crippen LogP contribution in [-0.4, -0.2) is 62.5 Å². The van der Waals surface area contributed by atoms with Crippen LogP contribution in [0.1, 0.15) is 26.7 Å². The zero-order valence-electron chi connectivity index (χ0n) is 11.2. The lowest BCUT2D eigenvalue weighted by Crippen LogP contribution is -2.58. The molecule has 2 rings (SSSR count). The molecule has 0 saturated carbocycles. The zero-order valence-corrected chi connectivity index (χ0v) is 11.2. The van der Waals surface area contributed by atoms with Crippen LogP contribution in [-0.2, 0) is 9.47 Å². The normalized spacial score (nSPS) is 36.0. The minimum atomic E-state index is 0.272. The molecule has 4 heteroatoms. The van der Waals surface area contributed by atoms with Gasteiger partial charge in [0.25, 0.3) is 0 Å². The van der Waals surface area contributed by atoms with Crippen molar-refractivity contribution >= 4 is 0 Å². The molecule has 0 aromatic carbocycles. The second-order valence-electron chi connectivity index (χ2n) is 5.10. The summed E-state index contributed by atoms with van der Waals surface area (Å²) in [6, 6.07) is 1.30. The van der Waals surface area contributed by atoms with Gasteiger partial charge in [-0.05, 0) is 12.8 Å². The standard InChI is InChI=1S/C13H26N2O2/c1-3-11-8-15(12(4-2)7-14-11)9-13-10-16-5-6-17-13/h11-14H,3-10H2,1-2H3. The Hall–Kier alpha value is -0.160. The number of hydrogen-bond donors (Lipinski definition) is 1. The maximum absolute atomic E-state index is 5.76. The molecule has 2 aliphatic rings. The Morgan fingerprint density at radius 3 is 2.76 bits per heavy atom. The Kier molecular flexibility index (Phi) is 5.22. The van der Waals surface area contributed by atoms with E-state index in [-0.39, 0.29) is 6.10 Å². The third-order valence-corrected chi connectivity index (χ3v) is 3.90. The highest BCUT2D eigenvalue weighted by Gasteiger charge is 2.28. The van der Waals surface area contributed by atoms with Crippen LogP contribution in [0, 0.1) is 0 Å². The molecule has 0 spiro atoms. The largest absolute Gasteiger partial charge is 0.376 e.